The zero-order chi connectivity index (χ0) is 15.3. The molecule has 2 aromatic carbocycles. The molecule has 2 rings (SSSR count). The maximum atomic E-state index is 6.36. The lowest BCUT2D eigenvalue weighted by atomic mass is 9.78. The van der Waals surface area contributed by atoms with Crippen LogP contribution < -0.4 is 0 Å². The summed E-state index contributed by atoms with van der Waals surface area (Å²) in [5, 5.41) is 0.726. The Hall–Kier alpha value is -0.690. The summed E-state index contributed by atoms with van der Waals surface area (Å²) in [7, 11) is 0. The SMILES string of the molecule is CCc1ccc(CC(CCl)(CCl)c2ccccc2Cl)cc1. The molecule has 3 heteroatoms. The molecule has 0 fully saturated rings. The van der Waals surface area contributed by atoms with Crippen LogP contribution in [0, 0.1) is 0 Å². The van der Waals surface area contributed by atoms with Gasteiger partial charge in [-0.1, -0.05) is 61.0 Å². The standard InChI is InChI=1S/C18H19Cl3/c1-2-14-7-9-15(10-8-14)11-18(12-19,13-20)16-5-3-4-6-17(16)21/h3-10H,2,11-13H2,1H3. The van der Waals surface area contributed by atoms with Crippen LogP contribution in [0.25, 0.3) is 0 Å². The van der Waals surface area contributed by atoms with Gasteiger partial charge in [-0.3, -0.25) is 0 Å². The quantitative estimate of drug-likeness (QED) is 0.577. The first-order chi connectivity index (χ1) is 10.1. The molecule has 0 aliphatic heterocycles. The average Bonchev–Trinajstić information content (AvgIpc) is 2.54. The maximum absolute atomic E-state index is 6.36. The van der Waals surface area contributed by atoms with Crippen molar-refractivity contribution in [2.75, 3.05) is 11.8 Å². The molecule has 0 N–H and O–H groups in total. The van der Waals surface area contributed by atoms with Gasteiger partial charge in [0.2, 0.25) is 0 Å². The van der Waals surface area contributed by atoms with Crippen LogP contribution in [0.15, 0.2) is 48.5 Å². The van der Waals surface area contributed by atoms with Gasteiger partial charge in [0.25, 0.3) is 0 Å². The van der Waals surface area contributed by atoms with Crippen molar-refractivity contribution in [2.45, 2.75) is 25.2 Å². The van der Waals surface area contributed by atoms with Crippen molar-refractivity contribution in [3.05, 3.63) is 70.2 Å². The molecule has 0 bridgehead atoms. The Kier molecular flexibility index (Phi) is 5.98. The normalized spacial score (nSPS) is 11.6. The van der Waals surface area contributed by atoms with Crippen LogP contribution >= 0.6 is 34.8 Å². The second-order valence-electron chi connectivity index (χ2n) is 5.37. The van der Waals surface area contributed by atoms with Gasteiger partial charge in [0, 0.05) is 22.2 Å². The zero-order valence-electron chi connectivity index (χ0n) is 12.1. The first-order valence-electron chi connectivity index (χ1n) is 7.10. The van der Waals surface area contributed by atoms with Crippen LogP contribution in [0.5, 0.6) is 0 Å². The summed E-state index contributed by atoms with van der Waals surface area (Å²) in [6.45, 7) is 2.15. The molecule has 0 aromatic heterocycles. The topological polar surface area (TPSA) is 0 Å². The second kappa shape index (κ2) is 7.54. The minimum Gasteiger partial charge on any atom is -0.126 e. The molecule has 0 aliphatic carbocycles. The lowest BCUT2D eigenvalue weighted by Gasteiger charge is -2.31. The van der Waals surface area contributed by atoms with Gasteiger partial charge in [-0.2, -0.15) is 0 Å². The summed E-state index contributed by atoms with van der Waals surface area (Å²) in [6, 6.07) is 16.5. The minimum absolute atomic E-state index is 0.338. The molecular formula is C18H19Cl3. The molecule has 0 saturated heterocycles. The Morgan fingerprint density at radius 3 is 1.95 bits per heavy atom. The van der Waals surface area contributed by atoms with E-state index in [2.05, 4.69) is 31.2 Å². The third kappa shape index (κ3) is 3.74. The van der Waals surface area contributed by atoms with Gasteiger partial charge in [-0.25, -0.2) is 0 Å². The van der Waals surface area contributed by atoms with E-state index in [0.29, 0.717) is 11.8 Å². The highest BCUT2D eigenvalue weighted by Gasteiger charge is 2.32. The van der Waals surface area contributed by atoms with Crippen molar-refractivity contribution < 1.29 is 0 Å². The van der Waals surface area contributed by atoms with E-state index in [4.69, 9.17) is 34.8 Å². The van der Waals surface area contributed by atoms with Crippen LogP contribution in [-0.4, -0.2) is 11.8 Å². The molecule has 112 valence electrons. The van der Waals surface area contributed by atoms with Crippen molar-refractivity contribution in [3.63, 3.8) is 0 Å². The van der Waals surface area contributed by atoms with Crippen molar-refractivity contribution in [2.24, 2.45) is 0 Å². The Bertz CT molecular complexity index is 571. The Morgan fingerprint density at radius 1 is 0.857 bits per heavy atom. The molecule has 0 atom stereocenters. The van der Waals surface area contributed by atoms with Crippen LogP contribution in [0.4, 0.5) is 0 Å². The fraction of sp³-hybridized carbons (Fsp3) is 0.333. The number of rotatable bonds is 6. The zero-order valence-corrected chi connectivity index (χ0v) is 14.3. The predicted octanol–water partition coefficient (Wildman–Crippen LogP) is 5.86. The van der Waals surface area contributed by atoms with E-state index in [1.807, 2.05) is 24.3 Å². The van der Waals surface area contributed by atoms with Crippen LogP contribution in [0.2, 0.25) is 5.02 Å². The third-order valence-corrected chi connectivity index (χ3v) is 5.28. The lowest BCUT2D eigenvalue weighted by molar-refractivity contribution is 0.536. The number of hydrogen-bond donors (Lipinski definition) is 0. The minimum atomic E-state index is -0.338. The molecule has 0 radical (unpaired) electrons. The molecule has 2 aromatic rings. The summed E-state index contributed by atoms with van der Waals surface area (Å²) in [5.74, 6) is 0.880. The smallest absolute Gasteiger partial charge is 0.0444 e. The van der Waals surface area contributed by atoms with Gasteiger partial charge in [0.1, 0.15) is 0 Å². The van der Waals surface area contributed by atoms with E-state index in [0.717, 1.165) is 23.4 Å². The molecule has 0 heterocycles. The molecule has 21 heavy (non-hydrogen) atoms. The highest BCUT2D eigenvalue weighted by atomic mass is 35.5. The molecule has 0 amide bonds. The molecule has 0 saturated carbocycles. The van der Waals surface area contributed by atoms with Crippen molar-refractivity contribution in [3.8, 4) is 0 Å². The number of hydrogen-bond acceptors (Lipinski definition) is 0. The highest BCUT2D eigenvalue weighted by molar-refractivity contribution is 6.32. The van der Waals surface area contributed by atoms with Crippen molar-refractivity contribution in [1.82, 2.24) is 0 Å². The van der Waals surface area contributed by atoms with Gasteiger partial charge < -0.3 is 0 Å². The van der Waals surface area contributed by atoms with E-state index in [9.17, 15) is 0 Å². The van der Waals surface area contributed by atoms with Crippen molar-refractivity contribution in [1.29, 1.82) is 0 Å². The summed E-state index contributed by atoms with van der Waals surface area (Å²) < 4.78 is 0. The Labute approximate surface area is 142 Å². The molecule has 0 nitrogen and oxygen atoms in total. The Balaban J connectivity index is 2.36. The lowest BCUT2D eigenvalue weighted by Crippen LogP contribution is -2.33. The largest absolute Gasteiger partial charge is 0.126 e. The summed E-state index contributed by atoms with van der Waals surface area (Å²) in [6.07, 6.45) is 1.83. The first kappa shape index (κ1) is 16.7. The van der Waals surface area contributed by atoms with Crippen molar-refractivity contribution >= 4 is 34.8 Å². The second-order valence-corrected chi connectivity index (χ2v) is 6.32. The predicted molar refractivity (Wildman–Crippen MR) is 94.1 cm³/mol. The number of aryl methyl sites for hydroxylation is 1. The fourth-order valence-electron chi connectivity index (χ4n) is 2.54. The van der Waals surface area contributed by atoms with Crippen LogP contribution in [0.3, 0.4) is 0 Å². The monoisotopic (exact) mass is 340 g/mol. The van der Waals surface area contributed by atoms with E-state index in [1.165, 1.54) is 11.1 Å². The summed E-state index contributed by atoms with van der Waals surface area (Å²) >= 11 is 19.0. The average molecular weight is 342 g/mol. The molecule has 0 aliphatic rings. The van der Waals surface area contributed by atoms with Gasteiger partial charge in [-0.15, -0.1) is 23.2 Å². The third-order valence-electron chi connectivity index (χ3n) is 3.93. The molecular weight excluding hydrogens is 323 g/mol. The number of halogens is 3. The summed E-state index contributed by atoms with van der Waals surface area (Å²) in [5.41, 5.74) is 3.25. The molecule has 0 unspecified atom stereocenters. The summed E-state index contributed by atoms with van der Waals surface area (Å²) in [4.78, 5) is 0. The van der Waals surface area contributed by atoms with E-state index < -0.39 is 0 Å². The number of benzene rings is 2. The van der Waals surface area contributed by atoms with Crippen LogP contribution in [-0.2, 0) is 18.3 Å². The van der Waals surface area contributed by atoms with E-state index in [-0.39, 0.29) is 5.41 Å². The van der Waals surface area contributed by atoms with E-state index >= 15 is 0 Å². The van der Waals surface area contributed by atoms with Gasteiger partial charge >= 0.3 is 0 Å². The van der Waals surface area contributed by atoms with Gasteiger partial charge in [0.15, 0.2) is 0 Å². The number of alkyl halides is 2. The van der Waals surface area contributed by atoms with Crippen LogP contribution in [0.1, 0.15) is 23.6 Å². The first-order valence-corrected chi connectivity index (χ1v) is 8.54. The highest BCUT2D eigenvalue weighted by Crippen LogP contribution is 2.36. The van der Waals surface area contributed by atoms with Gasteiger partial charge in [0.05, 0.1) is 0 Å². The molecule has 0 spiro atoms. The Morgan fingerprint density at radius 2 is 1.43 bits per heavy atom. The fourth-order valence-corrected chi connectivity index (χ4v) is 3.64. The maximum Gasteiger partial charge on any atom is 0.0444 e. The van der Waals surface area contributed by atoms with E-state index in [1.54, 1.807) is 0 Å². The van der Waals surface area contributed by atoms with Gasteiger partial charge in [-0.05, 0) is 35.6 Å².